The van der Waals surface area contributed by atoms with Gasteiger partial charge in [-0.15, -0.1) is 69.6 Å². The summed E-state index contributed by atoms with van der Waals surface area (Å²) in [6, 6.07) is 62.3. The van der Waals surface area contributed by atoms with Gasteiger partial charge >= 0.3 is 30.2 Å². The molecular formula is C56H58Cl2SiZr-4. The molecule has 2 radical (unpaired) electrons. The summed E-state index contributed by atoms with van der Waals surface area (Å²) >= 11 is 1.36. The Balaban J connectivity index is 0.000000239. The maximum atomic E-state index is 3.06. The number of fused-ring (bicyclic) bond motifs is 2. The minimum absolute atomic E-state index is 0. The van der Waals surface area contributed by atoms with Gasteiger partial charge in [0, 0.05) is 0 Å². The molecule has 10 rings (SSSR count). The van der Waals surface area contributed by atoms with E-state index in [0.29, 0.717) is 0 Å². The van der Waals surface area contributed by atoms with E-state index in [0.717, 1.165) is 11.8 Å². The first kappa shape index (κ1) is 48.9. The van der Waals surface area contributed by atoms with E-state index in [1.165, 1.54) is 165 Å². The van der Waals surface area contributed by atoms with Crippen LogP contribution in [0.5, 0.6) is 0 Å². The SMILES string of the molecule is Cl.Cl.[CH3-].[CH3-].[Si]=[Zr].c1ccc(-c2ccc(-c3ccccc3)c3[cH-]c(CC4CCCC4)cc23)cc1.c1ccc(-c2ccc(-c3ccccc3)c3[cH-]c(CC4CCCC4)cc23)cc1. The third-order valence-corrected chi connectivity index (χ3v) is 12.2. The Morgan fingerprint density at radius 1 is 0.400 bits per heavy atom. The van der Waals surface area contributed by atoms with E-state index in [9.17, 15) is 0 Å². The molecule has 0 saturated heterocycles. The van der Waals surface area contributed by atoms with Gasteiger partial charge in [0.15, 0.2) is 0 Å². The normalized spacial score (nSPS) is 13.4. The van der Waals surface area contributed by atoms with Crippen molar-refractivity contribution in [2.45, 2.75) is 64.2 Å². The summed E-state index contributed by atoms with van der Waals surface area (Å²) in [5, 5.41) is 5.59. The van der Waals surface area contributed by atoms with Crippen molar-refractivity contribution in [3.8, 4) is 44.5 Å². The minimum atomic E-state index is 0. The molecule has 4 heteroatoms. The zero-order valence-electron chi connectivity index (χ0n) is 35.2. The molecule has 0 nitrogen and oxygen atoms in total. The first-order chi connectivity index (χ1) is 27.8. The van der Waals surface area contributed by atoms with Crippen LogP contribution in [0.3, 0.4) is 0 Å². The molecule has 8 aromatic rings. The summed E-state index contributed by atoms with van der Waals surface area (Å²) in [5.41, 5.74) is 13.6. The molecule has 0 aromatic heterocycles. The van der Waals surface area contributed by atoms with E-state index in [1.807, 2.05) is 0 Å². The molecule has 0 amide bonds. The smallest absolute Gasteiger partial charge is 0.0279 e. The maximum Gasteiger partial charge on any atom is -0.0279 e. The van der Waals surface area contributed by atoms with Gasteiger partial charge < -0.3 is 14.9 Å². The number of hydrogen-bond acceptors (Lipinski definition) is 0. The Bertz CT molecular complexity index is 2130. The molecule has 60 heavy (non-hydrogen) atoms. The van der Waals surface area contributed by atoms with Crippen molar-refractivity contribution in [1.29, 1.82) is 0 Å². The van der Waals surface area contributed by atoms with Gasteiger partial charge in [-0.25, -0.2) is 0 Å². The maximum absolute atomic E-state index is 3.06. The van der Waals surface area contributed by atoms with Gasteiger partial charge in [0.1, 0.15) is 0 Å². The molecule has 2 aliphatic rings. The van der Waals surface area contributed by atoms with E-state index in [2.05, 4.69) is 177 Å². The van der Waals surface area contributed by atoms with Crippen LogP contribution in [0, 0.1) is 26.7 Å². The quantitative estimate of drug-likeness (QED) is 0.105. The van der Waals surface area contributed by atoms with Gasteiger partial charge in [0.25, 0.3) is 0 Å². The van der Waals surface area contributed by atoms with Crippen LogP contribution < -0.4 is 0 Å². The summed E-state index contributed by atoms with van der Waals surface area (Å²) in [6.07, 6.45) is 13.7. The summed E-state index contributed by atoms with van der Waals surface area (Å²) in [5.74, 6) is 1.75. The molecule has 0 atom stereocenters. The Hall–Kier alpha value is -3.78. The zero-order valence-corrected chi connectivity index (χ0v) is 40.3. The molecule has 0 spiro atoms. The molecule has 0 aliphatic heterocycles. The fourth-order valence-electron chi connectivity index (χ4n) is 9.53. The summed E-state index contributed by atoms with van der Waals surface area (Å²) in [7, 11) is 0. The van der Waals surface area contributed by atoms with Crippen molar-refractivity contribution < 1.29 is 23.3 Å². The molecule has 0 N–H and O–H groups in total. The fraction of sp³-hybridized carbons (Fsp3) is 0.214. The molecule has 2 aliphatic carbocycles. The number of benzene rings is 6. The Kier molecular flexibility index (Phi) is 19.6. The predicted molar refractivity (Wildman–Crippen MR) is 265 cm³/mol. The first-order valence-corrected chi connectivity index (χ1v) is 24.9. The Morgan fingerprint density at radius 2 is 0.667 bits per heavy atom. The largest absolute Gasteiger partial charge is 0.164 e. The summed E-state index contributed by atoms with van der Waals surface area (Å²) in [4.78, 5) is 0. The standard InChI is InChI=1S/2C27H25.2CH3.2ClH.Si.Zr/c2*1-3-11-22(12-4-1)24-15-16-25(23-13-5-2-6-14-23)27-19-21(18-26(24)27)17-20-9-7-8-10-20;;;;;;/h2*1-6,11-16,18-20H,7-10,17H2;2*1H3;2*1H;;/q4*-1;;;;. The predicted octanol–water partition coefficient (Wildman–Crippen LogP) is 16.6. The van der Waals surface area contributed by atoms with E-state index in [4.69, 9.17) is 0 Å². The van der Waals surface area contributed by atoms with Gasteiger partial charge in [0.2, 0.25) is 0 Å². The third kappa shape index (κ3) is 11.4. The average Bonchev–Trinajstić information content (AvgIpc) is 4.12. The summed E-state index contributed by atoms with van der Waals surface area (Å²) in [6.45, 7) is 3.06. The van der Waals surface area contributed by atoms with Crippen molar-refractivity contribution in [2.24, 2.45) is 11.8 Å². The van der Waals surface area contributed by atoms with Gasteiger partial charge in [0.05, 0.1) is 0 Å². The van der Waals surface area contributed by atoms with Crippen molar-refractivity contribution in [3.63, 3.8) is 0 Å². The first-order valence-electron chi connectivity index (χ1n) is 20.7. The number of hydrogen-bond donors (Lipinski definition) is 0. The third-order valence-electron chi connectivity index (χ3n) is 12.2. The molecule has 0 unspecified atom stereocenters. The van der Waals surface area contributed by atoms with Crippen LogP contribution in [-0.4, -0.2) is 6.88 Å². The minimum Gasteiger partial charge on any atom is -0.164 e. The zero-order chi connectivity index (χ0) is 38.1. The second-order valence-corrected chi connectivity index (χ2v) is 15.9. The molecule has 8 aromatic carbocycles. The van der Waals surface area contributed by atoms with Gasteiger partial charge in [-0.05, 0) is 35.8 Å². The number of rotatable bonds is 8. The second kappa shape index (κ2) is 24.0. The van der Waals surface area contributed by atoms with E-state index in [-0.39, 0.29) is 39.7 Å². The van der Waals surface area contributed by atoms with E-state index < -0.39 is 0 Å². The van der Waals surface area contributed by atoms with Crippen LogP contribution in [0.1, 0.15) is 62.5 Å². The summed E-state index contributed by atoms with van der Waals surface area (Å²) < 4.78 is 0. The molecule has 0 bridgehead atoms. The topological polar surface area (TPSA) is 0 Å². The van der Waals surface area contributed by atoms with E-state index >= 15 is 0 Å². The van der Waals surface area contributed by atoms with Crippen LogP contribution in [0.2, 0.25) is 0 Å². The van der Waals surface area contributed by atoms with Crippen molar-refractivity contribution in [1.82, 2.24) is 0 Å². The van der Waals surface area contributed by atoms with Gasteiger partial charge in [-0.3, -0.25) is 0 Å². The molecule has 2 saturated carbocycles. The van der Waals surface area contributed by atoms with Crippen LogP contribution >= 0.6 is 24.8 Å². The average molecular weight is 921 g/mol. The number of halogens is 2. The van der Waals surface area contributed by atoms with Crippen LogP contribution in [0.15, 0.2) is 170 Å². The van der Waals surface area contributed by atoms with Crippen LogP contribution in [0.25, 0.3) is 66.1 Å². The van der Waals surface area contributed by atoms with Crippen molar-refractivity contribution in [2.75, 3.05) is 0 Å². The van der Waals surface area contributed by atoms with E-state index in [1.54, 1.807) is 0 Å². The molecule has 2 fully saturated rings. The second-order valence-electron chi connectivity index (χ2n) is 15.9. The van der Waals surface area contributed by atoms with Gasteiger partial charge in [-0.1, -0.05) is 230 Å². The molecule has 308 valence electrons. The van der Waals surface area contributed by atoms with Crippen LogP contribution in [0.4, 0.5) is 0 Å². The monoisotopic (exact) mass is 918 g/mol. The Morgan fingerprint density at radius 3 is 0.967 bits per heavy atom. The Labute approximate surface area is 390 Å². The van der Waals surface area contributed by atoms with Crippen molar-refractivity contribution in [3.05, 3.63) is 196 Å². The van der Waals surface area contributed by atoms with Crippen LogP contribution in [-0.2, 0) is 36.2 Å². The molecule has 0 heterocycles. The van der Waals surface area contributed by atoms with Crippen molar-refractivity contribution >= 4 is 53.2 Å². The fourth-order valence-corrected chi connectivity index (χ4v) is 9.53. The van der Waals surface area contributed by atoms with Gasteiger partial charge in [-0.2, -0.15) is 12.1 Å². The molecular weight excluding hydrogens is 863 g/mol.